The minimum absolute atomic E-state index is 0.778. The van der Waals surface area contributed by atoms with E-state index >= 15 is 0 Å². The quantitative estimate of drug-likeness (QED) is 0.434. The van der Waals surface area contributed by atoms with Crippen molar-refractivity contribution in [3.8, 4) is 0 Å². The van der Waals surface area contributed by atoms with Gasteiger partial charge >= 0.3 is 0 Å². The molecule has 0 aromatic rings. The molecule has 0 spiro atoms. The van der Waals surface area contributed by atoms with E-state index in [1.54, 1.807) is 0 Å². The molecule has 2 nitrogen and oxygen atoms in total. The third-order valence-electron chi connectivity index (χ3n) is 1.68. The molecule has 0 aromatic heterocycles. The van der Waals surface area contributed by atoms with Crippen molar-refractivity contribution in [2.45, 2.75) is 33.1 Å². The molecule has 0 aromatic carbocycles. The van der Waals surface area contributed by atoms with Gasteiger partial charge in [0.1, 0.15) is 0 Å². The van der Waals surface area contributed by atoms with Crippen molar-refractivity contribution >= 4 is 0 Å². The van der Waals surface area contributed by atoms with Crippen LogP contribution in [0.1, 0.15) is 33.1 Å². The lowest BCUT2D eigenvalue weighted by Gasteiger charge is -2.11. The van der Waals surface area contributed by atoms with Gasteiger partial charge in [-0.3, -0.25) is 11.3 Å². The van der Waals surface area contributed by atoms with Gasteiger partial charge in [-0.2, -0.15) is 0 Å². The molecule has 0 fully saturated rings. The number of nitrogens with two attached hydrogens (primary N) is 1. The Morgan fingerprint density at radius 1 is 1.44 bits per heavy atom. The summed E-state index contributed by atoms with van der Waals surface area (Å²) in [6.07, 6.45) is 3.79. The number of hydrogen-bond acceptors (Lipinski definition) is 2. The van der Waals surface area contributed by atoms with E-state index in [1.165, 1.54) is 19.3 Å². The normalized spacial score (nSPS) is 13.7. The van der Waals surface area contributed by atoms with Crippen molar-refractivity contribution < 1.29 is 0 Å². The Hall–Kier alpha value is -0.0800. The molecule has 1 atom stereocenters. The van der Waals surface area contributed by atoms with Gasteiger partial charge in [0.25, 0.3) is 0 Å². The molecule has 0 unspecified atom stereocenters. The maximum atomic E-state index is 5.19. The summed E-state index contributed by atoms with van der Waals surface area (Å²) in [5.41, 5.74) is 2.70. The Morgan fingerprint density at radius 3 is 2.44 bits per heavy atom. The Balaban J connectivity index is 3.18. The summed E-state index contributed by atoms with van der Waals surface area (Å²) in [4.78, 5) is 0. The molecular formula is C7H18N2. The summed E-state index contributed by atoms with van der Waals surface area (Å²) in [5.74, 6) is 5.96. The van der Waals surface area contributed by atoms with Gasteiger partial charge in [-0.05, 0) is 12.3 Å². The Bertz CT molecular complexity index is 48.9. The molecule has 0 heterocycles. The summed E-state index contributed by atoms with van der Waals surface area (Å²) in [6.45, 7) is 5.38. The van der Waals surface area contributed by atoms with E-state index in [-0.39, 0.29) is 0 Å². The van der Waals surface area contributed by atoms with Gasteiger partial charge in [-0.1, -0.05) is 26.7 Å². The van der Waals surface area contributed by atoms with Gasteiger partial charge in [-0.25, -0.2) is 0 Å². The van der Waals surface area contributed by atoms with Crippen LogP contribution in [-0.4, -0.2) is 6.54 Å². The molecule has 0 aliphatic heterocycles. The average Bonchev–Trinajstić information content (AvgIpc) is 1.88. The Labute approximate surface area is 57.8 Å². The highest BCUT2D eigenvalue weighted by molar-refractivity contribution is 4.56. The van der Waals surface area contributed by atoms with Crippen LogP contribution >= 0.6 is 0 Å². The van der Waals surface area contributed by atoms with Crippen LogP contribution in [0.15, 0.2) is 0 Å². The van der Waals surface area contributed by atoms with E-state index in [1.807, 2.05) is 0 Å². The molecule has 3 N–H and O–H groups in total. The van der Waals surface area contributed by atoms with E-state index in [0.29, 0.717) is 0 Å². The second-order valence-electron chi connectivity index (χ2n) is 2.47. The monoisotopic (exact) mass is 130 g/mol. The topological polar surface area (TPSA) is 38.0 Å². The summed E-state index contributed by atoms with van der Waals surface area (Å²) < 4.78 is 0. The largest absolute Gasteiger partial charge is 0.271 e. The van der Waals surface area contributed by atoms with Crippen LogP contribution in [-0.2, 0) is 0 Å². The number of nitrogens with one attached hydrogen (secondary N) is 1. The summed E-state index contributed by atoms with van der Waals surface area (Å²) >= 11 is 0. The van der Waals surface area contributed by atoms with Crippen LogP contribution in [0.4, 0.5) is 0 Å². The summed E-state index contributed by atoms with van der Waals surface area (Å²) in [5, 5.41) is 0. The first kappa shape index (κ1) is 8.92. The van der Waals surface area contributed by atoms with Gasteiger partial charge in [0.05, 0.1) is 0 Å². The maximum Gasteiger partial charge on any atom is 0.0126 e. The van der Waals surface area contributed by atoms with Gasteiger partial charge in [0, 0.05) is 6.54 Å². The first-order valence-corrected chi connectivity index (χ1v) is 3.78. The fourth-order valence-electron chi connectivity index (χ4n) is 1.03. The Morgan fingerprint density at radius 2 is 2.11 bits per heavy atom. The smallest absolute Gasteiger partial charge is 0.0126 e. The third kappa shape index (κ3) is 4.43. The zero-order chi connectivity index (χ0) is 7.11. The van der Waals surface area contributed by atoms with Crippen LogP contribution < -0.4 is 11.3 Å². The summed E-state index contributed by atoms with van der Waals surface area (Å²) in [7, 11) is 0. The first-order valence-electron chi connectivity index (χ1n) is 3.78. The molecule has 0 rings (SSSR count). The molecular weight excluding hydrogens is 112 g/mol. The van der Waals surface area contributed by atoms with Crippen molar-refractivity contribution in [1.82, 2.24) is 5.43 Å². The van der Waals surface area contributed by atoms with Crippen molar-refractivity contribution in [2.75, 3.05) is 6.54 Å². The van der Waals surface area contributed by atoms with Crippen LogP contribution in [0.5, 0.6) is 0 Å². The fourth-order valence-corrected chi connectivity index (χ4v) is 1.03. The van der Waals surface area contributed by atoms with E-state index in [9.17, 15) is 0 Å². The number of rotatable bonds is 5. The average molecular weight is 130 g/mol. The lowest BCUT2D eigenvalue weighted by atomic mass is 10.0. The van der Waals surface area contributed by atoms with E-state index < -0.39 is 0 Å². The van der Waals surface area contributed by atoms with Crippen LogP contribution in [0.2, 0.25) is 0 Å². The highest BCUT2D eigenvalue weighted by Gasteiger charge is 2.01. The molecule has 0 aliphatic rings. The first-order chi connectivity index (χ1) is 4.35. The van der Waals surface area contributed by atoms with E-state index in [0.717, 1.165) is 12.5 Å². The summed E-state index contributed by atoms with van der Waals surface area (Å²) in [6, 6.07) is 0. The van der Waals surface area contributed by atoms with Gasteiger partial charge in [-0.15, -0.1) is 0 Å². The molecule has 0 saturated heterocycles. The van der Waals surface area contributed by atoms with Crippen molar-refractivity contribution in [2.24, 2.45) is 11.8 Å². The lowest BCUT2D eigenvalue weighted by molar-refractivity contribution is 0.434. The zero-order valence-corrected chi connectivity index (χ0v) is 6.48. The van der Waals surface area contributed by atoms with Crippen LogP contribution in [0.3, 0.4) is 0 Å². The number of hydrazine groups is 1. The standard InChI is InChI=1S/C7H18N2/c1-3-5-7(4-2)6-9-8/h7,9H,3-6,8H2,1-2H3/t7-/m0/s1. The second kappa shape index (κ2) is 6.05. The van der Waals surface area contributed by atoms with Gasteiger partial charge in [0.15, 0.2) is 0 Å². The van der Waals surface area contributed by atoms with Crippen molar-refractivity contribution in [1.29, 1.82) is 0 Å². The minimum Gasteiger partial charge on any atom is -0.271 e. The molecule has 0 amide bonds. The molecule has 0 bridgehead atoms. The zero-order valence-electron chi connectivity index (χ0n) is 6.48. The number of hydrogen-bond donors (Lipinski definition) is 2. The van der Waals surface area contributed by atoms with Crippen molar-refractivity contribution in [3.05, 3.63) is 0 Å². The van der Waals surface area contributed by atoms with Crippen LogP contribution in [0, 0.1) is 5.92 Å². The molecule has 56 valence electrons. The fraction of sp³-hybridized carbons (Fsp3) is 1.00. The third-order valence-corrected chi connectivity index (χ3v) is 1.68. The molecule has 0 radical (unpaired) electrons. The predicted molar refractivity (Wildman–Crippen MR) is 40.9 cm³/mol. The lowest BCUT2D eigenvalue weighted by Crippen LogP contribution is -2.28. The van der Waals surface area contributed by atoms with Crippen LogP contribution in [0.25, 0.3) is 0 Å². The van der Waals surface area contributed by atoms with Gasteiger partial charge < -0.3 is 0 Å². The molecule has 2 heteroatoms. The Kier molecular flexibility index (Phi) is 5.99. The molecule has 9 heavy (non-hydrogen) atoms. The highest BCUT2D eigenvalue weighted by atomic mass is 15.2. The maximum absolute atomic E-state index is 5.19. The minimum atomic E-state index is 0.778. The predicted octanol–water partition coefficient (Wildman–Crippen LogP) is 1.28. The second-order valence-corrected chi connectivity index (χ2v) is 2.47. The molecule has 0 aliphatic carbocycles. The van der Waals surface area contributed by atoms with Gasteiger partial charge in [0.2, 0.25) is 0 Å². The highest BCUT2D eigenvalue weighted by Crippen LogP contribution is 2.07. The van der Waals surface area contributed by atoms with Crippen molar-refractivity contribution in [3.63, 3.8) is 0 Å². The molecule has 0 saturated carbocycles. The van der Waals surface area contributed by atoms with E-state index in [4.69, 9.17) is 5.84 Å². The van der Waals surface area contributed by atoms with E-state index in [2.05, 4.69) is 19.3 Å². The SMILES string of the molecule is CCC[C@H](CC)CNN.